The van der Waals surface area contributed by atoms with E-state index in [-0.39, 0.29) is 5.82 Å². The lowest BCUT2D eigenvalue weighted by atomic mass is 9.61. The summed E-state index contributed by atoms with van der Waals surface area (Å²) in [5.41, 5.74) is 0.898. The summed E-state index contributed by atoms with van der Waals surface area (Å²) in [5.74, 6) is 5.70. The first kappa shape index (κ1) is 20.0. The summed E-state index contributed by atoms with van der Waals surface area (Å²) in [5, 5.41) is 0. The normalized spacial score (nSPS) is 35.8. The van der Waals surface area contributed by atoms with Crippen LogP contribution in [0.15, 0.2) is 30.9 Å². The zero-order chi connectivity index (χ0) is 19.5. The van der Waals surface area contributed by atoms with Gasteiger partial charge in [-0.3, -0.25) is 0 Å². The fourth-order valence-corrected chi connectivity index (χ4v) is 6.57. The molecule has 1 aromatic carbocycles. The minimum atomic E-state index is -0.0955. The maximum atomic E-state index is 14.6. The van der Waals surface area contributed by atoms with E-state index in [4.69, 9.17) is 4.74 Å². The van der Waals surface area contributed by atoms with Crippen molar-refractivity contribution in [1.82, 2.24) is 0 Å². The summed E-state index contributed by atoms with van der Waals surface area (Å²) in [6, 6.07) is 5.42. The SMILES string of the molecule is C=CCOc1ccc(C2CCC(C3CCC4CC(C)CCC4C3)CC2)c(F)c1. The first-order valence-electron chi connectivity index (χ1n) is 11.7. The highest BCUT2D eigenvalue weighted by Gasteiger charge is 2.38. The highest BCUT2D eigenvalue weighted by Crippen LogP contribution is 2.50. The van der Waals surface area contributed by atoms with E-state index in [0.717, 1.165) is 48.0 Å². The molecule has 0 bridgehead atoms. The molecule has 0 heterocycles. The van der Waals surface area contributed by atoms with Gasteiger partial charge in [0.15, 0.2) is 0 Å². The molecule has 0 radical (unpaired) electrons. The van der Waals surface area contributed by atoms with Gasteiger partial charge in [0, 0.05) is 6.07 Å². The Morgan fingerprint density at radius 3 is 2.29 bits per heavy atom. The van der Waals surface area contributed by atoms with E-state index in [2.05, 4.69) is 13.5 Å². The molecule has 0 N–H and O–H groups in total. The van der Waals surface area contributed by atoms with Crippen LogP contribution in [0.4, 0.5) is 4.39 Å². The molecule has 0 saturated heterocycles. The summed E-state index contributed by atoms with van der Waals surface area (Å²) < 4.78 is 20.1. The topological polar surface area (TPSA) is 9.23 Å². The zero-order valence-electron chi connectivity index (χ0n) is 17.5. The van der Waals surface area contributed by atoms with Crippen molar-refractivity contribution in [2.24, 2.45) is 29.6 Å². The number of benzene rings is 1. The first-order valence-corrected chi connectivity index (χ1v) is 11.7. The van der Waals surface area contributed by atoms with Crippen molar-refractivity contribution < 1.29 is 9.13 Å². The molecule has 0 spiro atoms. The third-order valence-corrected chi connectivity index (χ3v) is 8.13. The Morgan fingerprint density at radius 2 is 1.57 bits per heavy atom. The second-order valence-electron chi connectivity index (χ2n) is 9.91. The monoisotopic (exact) mass is 384 g/mol. The van der Waals surface area contributed by atoms with E-state index in [1.54, 1.807) is 12.1 Å². The molecule has 3 fully saturated rings. The fourth-order valence-electron chi connectivity index (χ4n) is 6.57. The molecule has 3 aliphatic rings. The molecule has 1 aromatic rings. The molecule has 4 rings (SSSR count). The predicted molar refractivity (Wildman–Crippen MR) is 114 cm³/mol. The van der Waals surface area contributed by atoms with Crippen LogP contribution in [0, 0.1) is 35.4 Å². The average Bonchev–Trinajstić information content (AvgIpc) is 2.72. The fraction of sp³-hybridized carbons (Fsp3) is 0.692. The number of fused-ring (bicyclic) bond motifs is 1. The quantitative estimate of drug-likeness (QED) is 0.477. The highest BCUT2D eigenvalue weighted by atomic mass is 19.1. The third-order valence-electron chi connectivity index (χ3n) is 8.13. The van der Waals surface area contributed by atoms with Crippen molar-refractivity contribution in [2.45, 2.75) is 77.0 Å². The summed E-state index contributed by atoms with van der Waals surface area (Å²) in [6.07, 6.45) is 15.4. The van der Waals surface area contributed by atoms with Gasteiger partial charge in [0.25, 0.3) is 0 Å². The summed E-state index contributed by atoms with van der Waals surface area (Å²) in [7, 11) is 0. The maximum Gasteiger partial charge on any atom is 0.130 e. The Balaban J connectivity index is 1.31. The van der Waals surface area contributed by atoms with E-state index < -0.39 is 0 Å². The van der Waals surface area contributed by atoms with Gasteiger partial charge in [-0.05, 0) is 105 Å². The van der Waals surface area contributed by atoms with Gasteiger partial charge in [0.1, 0.15) is 18.2 Å². The zero-order valence-corrected chi connectivity index (χ0v) is 17.5. The lowest BCUT2D eigenvalue weighted by Crippen LogP contribution is -2.34. The Hall–Kier alpha value is -1.31. The van der Waals surface area contributed by atoms with E-state index in [1.807, 2.05) is 12.1 Å². The Morgan fingerprint density at radius 1 is 0.929 bits per heavy atom. The number of hydrogen-bond acceptors (Lipinski definition) is 1. The molecule has 4 atom stereocenters. The van der Waals surface area contributed by atoms with Crippen molar-refractivity contribution in [3.63, 3.8) is 0 Å². The van der Waals surface area contributed by atoms with Crippen molar-refractivity contribution in [1.29, 1.82) is 0 Å². The average molecular weight is 385 g/mol. The van der Waals surface area contributed by atoms with Gasteiger partial charge in [-0.1, -0.05) is 32.1 Å². The Labute approximate surface area is 170 Å². The number of ether oxygens (including phenoxy) is 1. The molecule has 0 amide bonds. The summed E-state index contributed by atoms with van der Waals surface area (Å²) in [6.45, 7) is 6.51. The second kappa shape index (κ2) is 9.01. The molecule has 28 heavy (non-hydrogen) atoms. The molecule has 3 saturated carbocycles. The molecule has 0 aliphatic heterocycles. The van der Waals surface area contributed by atoms with Crippen molar-refractivity contribution in [3.05, 3.63) is 42.2 Å². The van der Waals surface area contributed by atoms with Crippen LogP contribution in [0.5, 0.6) is 5.75 Å². The largest absolute Gasteiger partial charge is 0.489 e. The van der Waals surface area contributed by atoms with E-state index in [9.17, 15) is 4.39 Å². The molecule has 3 aliphatic carbocycles. The first-order chi connectivity index (χ1) is 13.6. The number of rotatable bonds is 5. The molecule has 2 heteroatoms. The van der Waals surface area contributed by atoms with Crippen LogP contribution in [0.25, 0.3) is 0 Å². The minimum absolute atomic E-state index is 0.0955. The van der Waals surface area contributed by atoms with Crippen LogP contribution in [0.3, 0.4) is 0 Å². The third kappa shape index (κ3) is 4.47. The smallest absolute Gasteiger partial charge is 0.130 e. The van der Waals surface area contributed by atoms with Crippen LogP contribution in [0.2, 0.25) is 0 Å². The van der Waals surface area contributed by atoms with Crippen molar-refractivity contribution in [2.75, 3.05) is 6.61 Å². The van der Waals surface area contributed by atoms with Crippen LogP contribution >= 0.6 is 0 Å². The van der Waals surface area contributed by atoms with Crippen LogP contribution in [0.1, 0.15) is 82.6 Å². The van der Waals surface area contributed by atoms with E-state index in [1.165, 1.54) is 51.4 Å². The van der Waals surface area contributed by atoms with Gasteiger partial charge in [0.2, 0.25) is 0 Å². The van der Waals surface area contributed by atoms with E-state index >= 15 is 0 Å². The van der Waals surface area contributed by atoms with Crippen LogP contribution in [-0.4, -0.2) is 6.61 Å². The summed E-state index contributed by atoms with van der Waals surface area (Å²) >= 11 is 0. The van der Waals surface area contributed by atoms with Gasteiger partial charge in [-0.25, -0.2) is 4.39 Å². The number of halogens is 1. The standard InChI is InChI=1S/C26H37FO/c1-3-14-28-24-12-13-25(26(27)17-24)20-8-6-19(7-9-20)22-11-10-21-15-18(2)4-5-23(21)16-22/h3,12-13,17-23H,1,4-11,14-16H2,2H3. The molecule has 4 unspecified atom stereocenters. The lowest BCUT2D eigenvalue weighted by molar-refractivity contribution is 0.0671. The van der Waals surface area contributed by atoms with Gasteiger partial charge in [0.05, 0.1) is 0 Å². The molecule has 1 nitrogen and oxygen atoms in total. The second-order valence-corrected chi connectivity index (χ2v) is 9.91. The van der Waals surface area contributed by atoms with Gasteiger partial charge in [-0.2, -0.15) is 0 Å². The Bertz CT molecular complexity index is 660. The van der Waals surface area contributed by atoms with Gasteiger partial charge in [-0.15, -0.1) is 0 Å². The van der Waals surface area contributed by atoms with E-state index in [0.29, 0.717) is 18.3 Å². The van der Waals surface area contributed by atoms with Gasteiger partial charge >= 0.3 is 0 Å². The molecular weight excluding hydrogens is 347 g/mol. The minimum Gasteiger partial charge on any atom is -0.489 e. The van der Waals surface area contributed by atoms with Crippen LogP contribution in [-0.2, 0) is 0 Å². The lowest BCUT2D eigenvalue weighted by Gasteiger charge is -2.45. The molecular formula is C26H37FO. The maximum absolute atomic E-state index is 14.6. The Kier molecular flexibility index (Phi) is 6.43. The van der Waals surface area contributed by atoms with Crippen LogP contribution < -0.4 is 4.74 Å². The number of hydrogen-bond donors (Lipinski definition) is 0. The highest BCUT2D eigenvalue weighted by molar-refractivity contribution is 5.31. The molecule has 0 aromatic heterocycles. The van der Waals surface area contributed by atoms with Crippen molar-refractivity contribution >= 4 is 0 Å². The van der Waals surface area contributed by atoms with Gasteiger partial charge < -0.3 is 4.74 Å². The summed E-state index contributed by atoms with van der Waals surface area (Å²) in [4.78, 5) is 0. The predicted octanol–water partition coefficient (Wildman–Crippen LogP) is 7.52. The molecule has 154 valence electrons. The van der Waals surface area contributed by atoms with Crippen molar-refractivity contribution in [3.8, 4) is 5.75 Å².